The van der Waals surface area contributed by atoms with E-state index >= 15 is 0 Å². The van der Waals surface area contributed by atoms with Crippen LogP contribution >= 0.6 is 11.3 Å². The molecule has 17 heavy (non-hydrogen) atoms. The van der Waals surface area contributed by atoms with Crippen molar-refractivity contribution >= 4 is 22.7 Å². The van der Waals surface area contributed by atoms with Crippen LogP contribution in [0.15, 0.2) is 23.6 Å². The van der Waals surface area contributed by atoms with Crippen LogP contribution in [0, 0.1) is 13.8 Å². The van der Waals surface area contributed by atoms with Crippen molar-refractivity contribution < 1.29 is 0 Å². The molecule has 1 heterocycles. The molecule has 2 N–H and O–H groups in total. The van der Waals surface area contributed by atoms with Gasteiger partial charge >= 0.3 is 0 Å². The van der Waals surface area contributed by atoms with E-state index in [-0.39, 0.29) is 0 Å². The van der Waals surface area contributed by atoms with Crippen LogP contribution in [0.4, 0.5) is 11.4 Å². The molecule has 0 saturated heterocycles. The van der Waals surface area contributed by atoms with Gasteiger partial charge in [-0.25, -0.2) is 4.98 Å². The van der Waals surface area contributed by atoms with Gasteiger partial charge in [0.05, 0.1) is 28.6 Å². The highest BCUT2D eigenvalue weighted by Crippen LogP contribution is 2.27. The summed E-state index contributed by atoms with van der Waals surface area (Å²) in [7, 11) is 2.05. The van der Waals surface area contributed by atoms with Crippen molar-refractivity contribution in [2.45, 2.75) is 20.4 Å². The van der Waals surface area contributed by atoms with Crippen LogP contribution in [0.5, 0.6) is 0 Å². The van der Waals surface area contributed by atoms with Gasteiger partial charge in [-0.3, -0.25) is 0 Å². The molecule has 0 fully saturated rings. The van der Waals surface area contributed by atoms with E-state index in [0.717, 1.165) is 28.6 Å². The van der Waals surface area contributed by atoms with Gasteiger partial charge in [-0.2, -0.15) is 0 Å². The molecular weight excluding hydrogens is 230 g/mol. The molecule has 0 radical (unpaired) electrons. The summed E-state index contributed by atoms with van der Waals surface area (Å²) in [6.07, 6.45) is 0. The minimum Gasteiger partial charge on any atom is -0.397 e. The molecular formula is C13H17N3S. The van der Waals surface area contributed by atoms with Gasteiger partial charge in [0.15, 0.2) is 0 Å². The lowest BCUT2D eigenvalue weighted by atomic mass is 10.1. The fourth-order valence-electron chi connectivity index (χ4n) is 2.01. The van der Waals surface area contributed by atoms with E-state index in [1.807, 2.05) is 26.1 Å². The standard InChI is InChI=1S/C13H17N3S/c1-9-5-4-6-12(14)13(9)16(3)7-11-8-17-10(2)15-11/h4-6,8H,7,14H2,1-3H3. The molecule has 1 aromatic heterocycles. The van der Waals surface area contributed by atoms with Crippen molar-refractivity contribution in [3.8, 4) is 0 Å². The zero-order valence-electron chi connectivity index (χ0n) is 10.4. The lowest BCUT2D eigenvalue weighted by Crippen LogP contribution is -2.19. The predicted octanol–water partition coefficient (Wildman–Crippen LogP) is 2.98. The number of aromatic nitrogens is 1. The Morgan fingerprint density at radius 2 is 2.12 bits per heavy atom. The highest BCUT2D eigenvalue weighted by molar-refractivity contribution is 7.09. The number of hydrogen-bond donors (Lipinski definition) is 1. The number of nitrogens with zero attached hydrogens (tertiary/aromatic N) is 2. The average Bonchev–Trinajstić information content (AvgIpc) is 2.63. The Labute approximate surface area is 106 Å². The Kier molecular flexibility index (Phi) is 3.33. The van der Waals surface area contributed by atoms with E-state index in [4.69, 9.17) is 5.73 Å². The topological polar surface area (TPSA) is 42.2 Å². The van der Waals surface area contributed by atoms with Gasteiger partial charge in [0.2, 0.25) is 0 Å². The first-order chi connectivity index (χ1) is 8.08. The molecule has 0 aliphatic heterocycles. The first kappa shape index (κ1) is 11.9. The summed E-state index contributed by atoms with van der Waals surface area (Å²) < 4.78 is 0. The third-order valence-electron chi connectivity index (χ3n) is 2.72. The van der Waals surface area contributed by atoms with E-state index in [0.29, 0.717) is 0 Å². The smallest absolute Gasteiger partial charge is 0.0898 e. The highest BCUT2D eigenvalue weighted by atomic mass is 32.1. The maximum absolute atomic E-state index is 6.02. The lowest BCUT2D eigenvalue weighted by molar-refractivity contribution is 0.887. The number of hydrogen-bond acceptors (Lipinski definition) is 4. The molecule has 0 bridgehead atoms. The summed E-state index contributed by atoms with van der Waals surface area (Å²) in [4.78, 5) is 6.62. The van der Waals surface area contributed by atoms with Gasteiger partial charge in [0.1, 0.15) is 0 Å². The Bertz CT molecular complexity index is 499. The largest absolute Gasteiger partial charge is 0.397 e. The molecule has 1 aromatic carbocycles. The second-order valence-electron chi connectivity index (χ2n) is 4.23. The molecule has 0 aliphatic carbocycles. The second kappa shape index (κ2) is 4.75. The summed E-state index contributed by atoms with van der Waals surface area (Å²) in [6.45, 7) is 4.89. The number of aryl methyl sites for hydroxylation is 2. The van der Waals surface area contributed by atoms with Crippen LogP contribution in [-0.2, 0) is 6.54 Å². The quantitative estimate of drug-likeness (QED) is 0.848. The Balaban J connectivity index is 2.22. The molecule has 0 unspecified atom stereocenters. The Morgan fingerprint density at radius 3 is 2.71 bits per heavy atom. The first-order valence-electron chi connectivity index (χ1n) is 5.55. The zero-order valence-corrected chi connectivity index (χ0v) is 11.2. The molecule has 90 valence electrons. The fourth-order valence-corrected chi connectivity index (χ4v) is 2.61. The molecule has 2 aromatic rings. The molecule has 3 nitrogen and oxygen atoms in total. The summed E-state index contributed by atoms with van der Waals surface area (Å²) in [5, 5.41) is 3.20. The number of anilines is 2. The third kappa shape index (κ3) is 2.58. The number of nitrogen functional groups attached to an aromatic ring is 1. The van der Waals surface area contributed by atoms with Crippen LogP contribution in [0.3, 0.4) is 0 Å². The van der Waals surface area contributed by atoms with Crippen LogP contribution in [0.2, 0.25) is 0 Å². The Morgan fingerprint density at radius 1 is 1.35 bits per heavy atom. The van der Waals surface area contributed by atoms with Gasteiger partial charge in [-0.1, -0.05) is 12.1 Å². The van der Waals surface area contributed by atoms with Crippen molar-refractivity contribution in [3.63, 3.8) is 0 Å². The van der Waals surface area contributed by atoms with Gasteiger partial charge in [0, 0.05) is 12.4 Å². The molecule has 0 spiro atoms. The zero-order chi connectivity index (χ0) is 12.4. The molecule has 0 saturated carbocycles. The monoisotopic (exact) mass is 247 g/mol. The van der Waals surface area contributed by atoms with Gasteiger partial charge in [0.25, 0.3) is 0 Å². The van der Waals surface area contributed by atoms with Crippen molar-refractivity contribution in [1.29, 1.82) is 0 Å². The van der Waals surface area contributed by atoms with Gasteiger partial charge < -0.3 is 10.6 Å². The van der Waals surface area contributed by atoms with Crippen molar-refractivity contribution in [3.05, 3.63) is 39.8 Å². The fraction of sp³-hybridized carbons (Fsp3) is 0.308. The van der Waals surface area contributed by atoms with Crippen LogP contribution < -0.4 is 10.6 Å². The van der Waals surface area contributed by atoms with Crippen molar-refractivity contribution in [2.75, 3.05) is 17.7 Å². The van der Waals surface area contributed by atoms with E-state index in [1.165, 1.54) is 5.56 Å². The predicted molar refractivity (Wildman–Crippen MR) is 74.5 cm³/mol. The highest BCUT2D eigenvalue weighted by Gasteiger charge is 2.10. The SMILES string of the molecule is Cc1nc(CN(C)c2c(C)cccc2N)cs1. The number of benzene rings is 1. The van der Waals surface area contributed by atoms with E-state index < -0.39 is 0 Å². The van der Waals surface area contributed by atoms with E-state index in [2.05, 4.69) is 28.3 Å². The number of thiazole rings is 1. The number of nitrogens with two attached hydrogens (primary N) is 1. The van der Waals surface area contributed by atoms with Gasteiger partial charge in [-0.05, 0) is 25.5 Å². The summed E-state index contributed by atoms with van der Waals surface area (Å²) in [6, 6.07) is 5.99. The van der Waals surface area contributed by atoms with E-state index in [9.17, 15) is 0 Å². The van der Waals surface area contributed by atoms with Crippen molar-refractivity contribution in [1.82, 2.24) is 4.98 Å². The van der Waals surface area contributed by atoms with Crippen LogP contribution in [0.1, 0.15) is 16.3 Å². The molecule has 0 amide bonds. The lowest BCUT2D eigenvalue weighted by Gasteiger charge is -2.22. The molecule has 4 heteroatoms. The van der Waals surface area contributed by atoms with E-state index in [1.54, 1.807) is 11.3 Å². The number of rotatable bonds is 3. The molecule has 0 atom stereocenters. The Hall–Kier alpha value is -1.55. The maximum atomic E-state index is 6.02. The average molecular weight is 247 g/mol. The van der Waals surface area contributed by atoms with Gasteiger partial charge in [-0.15, -0.1) is 11.3 Å². The third-order valence-corrected chi connectivity index (χ3v) is 3.54. The summed E-state index contributed by atoms with van der Waals surface area (Å²) in [5.41, 5.74) is 10.2. The number of para-hydroxylation sites is 1. The summed E-state index contributed by atoms with van der Waals surface area (Å²) >= 11 is 1.68. The second-order valence-corrected chi connectivity index (χ2v) is 5.29. The van der Waals surface area contributed by atoms with Crippen molar-refractivity contribution in [2.24, 2.45) is 0 Å². The van der Waals surface area contributed by atoms with Crippen LogP contribution in [-0.4, -0.2) is 12.0 Å². The molecule has 2 rings (SSSR count). The minimum atomic E-state index is 0.791. The minimum absolute atomic E-state index is 0.791. The first-order valence-corrected chi connectivity index (χ1v) is 6.43. The van der Waals surface area contributed by atoms with Crippen LogP contribution in [0.25, 0.3) is 0 Å². The maximum Gasteiger partial charge on any atom is 0.0898 e. The summed E-state index contributed by atoms with van der Waals surface area (Å²) in [5.74, 6) is 0. The normalized spacial score (nSPS) is 10.5. The molecule has 0 aliphatic rings.